The van der Waals surface area contributed by atoms with Crippen LogP contribution in [0.25, 0.3) is 0 Å². The molecule has 0 aliphatic rings. The van der Waals surface area contributed by atoms with Crippen LogP contribution in [0.15, 0.2) is 0 Å². The summed E-state index contributed by atoms with van der Waals surface area (Å²) in [7, 11) is 0. The fourth-order valence-electron chi connectivity index (χ4n) is 1.33. The average molecular weight is 171 g/mol. The molecule has 1 atom stereocenters. The van der Waals surface area contributed by atoms with E-state index in [-0.39, 0.29) is 0 Å². The molecule has 0 aromatic carbocycles. The quantitative estimate of drug-likeness (QED) is 0.580. The van der Waals surface area contributed by atoms with Crippen LogP contribution in [0.2, 0.25) is 0 Å². The summed E-state index contributed by atoms with van der Waals surface area (Å²) >= 11 is 0. The topological polar surface area (TPSA) is 12.0 Å². The second kappa shape index (κ2) is 7.60. The van der Waals surface area contributed by atoms with Gasteiger partial charge in [-0.1, -0.05) is 34.1 Å². The number of rotatable bonds is 7. The first kappa shape index (κ1) is 12.0. The molecule has 12 heavy (non-hydrogen) atoms. The zero-order valence-corrected chi connectivity index (χ0v) is 9.19. The molecule has 0 rings (SSSR count). The van der Waals surface area contributed by atoms with Crippen molar-refractivity contribution in [3.8, 4) is 0 Å². The molecule has 1 unspecified atom stereocenters. The minimum absolute atomic E-state index is 0.832. The van der Waals surface area contributed by atoms with E-state index < -0.39 is 0 Å². The Morgan fingerprint density at radius 1 is 1.08 bits per heavy atom. The van der Waals surface area contributed by atoms with Gasteiger partial charge < -0.3 is 5.32 Å². The number of hydrogen-bond donors (Lipinski definition) is 1. The van der Waals surface area contributed by atoms with Gasteiger partial charge in [-0.2, -0.15) is 0 Å². The first-order valence-electron chi connectivity index (χ1n) is 5.37. The van der Waals surface area contributed by atoms with Gasteiger partial charge in [-0.05, 0) is 37.8 Å². The molecule has 0 radical (unpaired) electrons. The monoisotopic (exact) mass is 171 g/mol. The average Bonchev–Trinajstić information content (AvgIpc) is 1.98. The summed E-state index contributed by atoms with van der Waals surface area (Å²) < 4.78 is 0. The predicted octanol–water partition coefficient (Wildman–Crippen LogP) is 3.06. The van der Waals surface area contributed by atoms with Gasteiger partial charge >= 0.3 is 0 Å². The maximum atomic E-state index is 3.50. The highest BCUT2D eigenvalue weighted by Gasteiger charge is 1.99. The van der Waals surface area contributed by atoms with E-state index in [0.717, 1.165) is 11.8 Å². The molecule has 0 fully saturated rings. The molecule has 1 nitrogen and oxygen atoms in total. The molecule has 0 saturated heterocycles. The van der Waals surface area contributed by atoms with Crippen LogP contribution in [0.4, 0.5) is 0 Å². The highest BCUT2D eigenvalue weighted by molar-refractivity contribution is 4.57. The molecule has 0 aromatic heterocycles. The molecule has 0 aliphatic heterocycles. The number of nitrogens with one attached hydrogen (secondary N) is 1. The van der Waals surface area contributed by atoms with E-state index in [9.17, 15) is 0 Å². The molecule has 1 N–H and O–H groups in total. The Bertz CT molecular complexity index is 89.0. The van der Waals surface area contributed by atoms with Crippen LogP contribution in [-0.2, 0) is 0 Å². The summed E-state index contributed by atoms with van der Waals surface area (Å²) in [6.07, 6.45) is 3.97. The van der Waals surface area contributed by atoms with Crippen LogP contribution in [0.3, 0.4) is 0 Å². The molecule has 0 heterocycles. The van der Waals surface area contributed by atoms with Crippen LogP contribution < -0.4 is 5.32 Å². The second-order valence-electron chi connectivity index (χ2n) is 4.28. The van der Waals surface area contributed by atoms with E-state index in [1.54, 1.807) is 0 Å². The van der Waals surface area contributed by atoms with Gasteiger partial charge in [0.15, 0.2) is 0 Å². The third-order valence-corrected chi connectivity index (χ3v) is 2.17. The summed E-state index contributed by atoms with van der Waals surface area (Å²) in [5.74, 6) is 1.68. The van der Waals surface area contributed by atoms with Crippen molar-refractivity contribution in [2.75, 3.05) is 13.1 Å². The molecule has 74 valence electrons. The lowest BCUT2D eigenvalue weighted by atomic mass is 10.1. The van der Waals surface area contributed by atoms with Gasteiger partial charge in [0, 0.05) is 0 Å². The highest BCUT2D eigenvalue weighted by atomic mass is 14.8. The zero-order chi connectivity index (χ0) is 9.40. The second-order valence-corrected chi connectivity index (χ2v) is 4.28. The molecule has 0 bridgehead atoms. The Balaban J connectivity index is 3.08. The van der Waals surface area contributed by atoms with Crippen LogP contribution in [0.1, 0.15) is 47.0 Å². The lowest BCUT2D eigenvalue weighted by molar-refractivity contribution is 0.454. The van der Waals surface area contributed by atoms with Crippen LogP contribution in [0.5, 0.6) is 0 Å². The first-order valence-corrected chi connectivity index (χ1v) is 5.37. The van der Waals surface area contributed by atoms with Crippen molar-refractivity contribution in [3.05, 3.63) is 0 Å². The minimum atomic E-state index is 0.832. The molecule has 0 amide bonds. The van der Waals surface area contributed by atoms with Crippen molar-refractivity contribution in [2.24, 2.45) is 11.8 Å². The van der Waals surface area contributed by atoms with Crippen molar-refractivity contribution in [3.63, 3.8) is 0 Å². The van der Waals surface area contributed by atoms with Crippen LogP contribution in [-0.4, -0.2) is 13.1 Å². The van der Waals surface area contributed by atoms with Crippen molar-refractivity contribution < 1.29 is 0 Å². The largest absolute Gasteiger partial charge is 0.316 e. The molecular formula is C11H25N. The minimum Gasteiger partial charge on any atom is -0.316 e. The standard InChI is InChI=1S/C11H25N/c1-5-6-11(4)9-12-8-7-10(2)3/h10-12H,5-9H2,1-4H3. The normalized spacial score (nSPS) is 13.8. The van der Waals surface area contributed by atoms with Crippen molar-refractivity contribution >= 4 is 0 Å². The Kier molecular flexibility index (Phi) is 7.58. The fourth-order valence-corrected chi connectivity index (χ4v) is 1.33. The predicted molar refractivity (Wildman–Crippen MR) is 56.4 cm³/mol. The molecule has 0 spiro atoms. The summed E-state index contributed by atoms with van der Waals surface area (Å²) in [4.78, 5) is 0. The zero-order valence-electron chi connectivity index (χ0n) is 9.19. The van der Waals surface area contributed by atoms with E-state index in [4.69, 9.17) is 0 Å². The van der Waals surface area contributed by atoms with Gasteiger partial charge in [-0.15, -0.1) is 0 Å². The smallest absolute Gasteiger partial charge is 0.00232 e. The van der Waals surface area contributed by atoms with Gasteiger partial charge in [0.2, 0.25) is 0 Å². The lowest BCUT2D eigenvalue weighted by Gasteiger charge is -2.11. The highest BCUT2D eigenvalue weighted by Crippen LogP contribution is 2.03. The van der Waals surface area contributed by atoms with Crippen molar-refractivity contribution in [2.45, 2.75) is 47.0 Å². The Morgan fingerprint density at radius 2 is 1.75 bits per heavy atom. The summed E-state index contributed by atoms with van der Waals surface area (Å²) in [6.45, 7) is 11.5. The first-order chi connectivity index (χ1) is 5.66. The fraction of sp³-hybridized carbons (Fsp3) is 1.00. The molecule has 0 aromatic rings. The van der Waals surface area contributed by atoms with Gasteiger partial charge in [-0.25, -0.2) is 0 Å². The van der Waals surface area contributed by atoms with Gasteiger partial charge in [0.05, 0.1) is 0 Å². The maximum Gasteiger partial charge on any atom is -0.00232 e. The van der Waals surface area contributed by atoms with E-state index >= 15 is 0 Å². The van der Waals surface area contributed by atoms with Crippen LogP contribution >= 0.6 is 0 Å². The third-order valence-electron chi connectivity index (χ3n) is 2.17. The van der Waals surface area contributed by atoms with E-state index in [1.165, 1.54) is 32.4 Å². The van der Waals surface area contributed by atoms with Gasteiger partial charge in [0.1, 0.15) is 0 Å². The summed E-state index contributed by atoms with van der Waals surface area (Å²) in [6, 6.07) is 0. The van der Waals surface area contributed by atoms with Gasteiger partial charge in [-0.3, -0.25) is 0 Å². The Morgan fingerprint density at radius 3 is 2.25 bits per heavy atom. The Labute approximate surface area is 77.9 Å². The summed E-state index contributed by atoms with van der Waals surface area (Å²) in [5.41, 5.74) is 0. The number of hydrogen-bond acceptors (Lipinski definition) is 1. The van der Waals surface area contributed by atoms with E-state index in [0.29, 0.717) is 0 Å². The Hall–Kier alpha value is -0.0400. The lowest BCUT2D eigenvalue weighted by Crippen LogP contribution is -2.23. The molecule has 0 saturated carbocycles. The van der Waals surface area contributed by atoms with Crippen LogP contribution in [0, 0.1) is 11.8 Å². The summed E-state index contributed by atoms with van der Waals surface area (Å²) in [5, 5.41) is 3.50. The SMILES string of the molecule is CCCC(C)CNCCC(C)C. The van der Waals surface area contributed by atoms with E-state index in [1.807, 2.05) is 0 Å². The van der Waals surface area contributed by atoms with E-state index in [2.05, 4.69) is 33.0 Å². The van der Waals surface area contributed by atoms with Gasteiger partial charge in [0.25, 0.3) is 0 Å². The third kappa shape index (κ3) is 8.06. The molecule has 1 heteroatoms. The molecular weight excluding hydrogens is 146 g/mol. The van der Waals surface area contributed by atoms with Crippen molar-refractivity contribution in [1.29, 1.82) is 0 Å². The maximum absolute atomic E-state index is 3.50. The van der Waals surface area contributed by atoms with Crippen molar-refractivity contribution in [1.82, 2.24) is 5.32 Å². The molecule has 0 aliphatic carbocycles.